The topological polar surface area (TPSA) is 84.7 Å². The molecule has 0 unspecified atom stereocenters. The van der Waals surface area contributed by atoms with Crippen LogP contribution in [0.2, 0.25) is 0 Å². The fourth-order valence-corrected chi connectivity index (χ4v) is 2.43. The van der Waals surface area contributed by atoms with E-state index in [9.17, 15) is 14.9 Å². The number of hydrogen-bond donors (Lipinski definition) is 1. The summed E-state index contributed by atoms with van der Waals surface area (Å²) >= 11 is 1.17. The van der Waals surface area contributed by atoms with E-state index in [0.29, 0.717) is 13.1 Å². The molecule has 22 heavy (non-hydrogen) atoms. The van der Waals surface area contributed by atoms with E-state index < -0.39 is 5.60 Å². The highest BCUT2D eigenvalue weighted by molar-refractivity contribution is 7.15. The van der Waals surface area contributed by atoms with Gasteiger partial charge in [0.05, 0.1) is 4.92 Å². The summed E-state index contributed by atoms with van der Waals surface area (Å²) in [5.74, 6) is 0. The monoisotopic (exact) mass is 329 g/mol. The van der Waals surface area contributed by atoms with Crippen LogP contribution in [0.3, 0.4) is 0 Å². The largest absolute Gasteiger partial charge is 0.444 e. The van der Waals surface area contributed by atoms with Crippen molar-refractivity contribution in [1.82, 2.24) is 10.2 Å². The first kappa shape index (κ1) is 18.4. The number of nitro groups is 1. The van der Waals surface area contributed by atoms with Crippen LogP contribution in [0, 0.1) is 10.1 Å². The number of rotatable bonds is 7. The van der Waals surface area contributed by atoms with Gasteiger partial charge in [-0.25, -0.2) is 4.79 Å². The van der Waals surface area contributed by atoms with Gasteiger partial charge < -0.3 is 15.0 Å². The van der Waals surface area contributed by atoms with Gasteiger partial charge in [0.2, 0.25) is 0 Å². The van der Waals surface area contributed by atoms with E-state index >= 15 is 0 Å². The number of carbonyl (C=O) groups excluding carboxylic acids is 1. The summed E-state index contributed by atoms with van der Waals surface area (Å²) in [6, 6.07) is 3.26. The molecule has 0 radical (unpaired) electrons. The second-order valence-corrected chi connectivity index (χ2v) is 7.08. The van der Waals surface area contributed by atoms with Gasteiger partial charge in [-0.1, -0.05) is 11.3 Å². The predicted molar refractivity (Wildman–Crippen MR) is 86.2 cm³/mol. The molecule has 1 N–H and O–H groups in total. The zero-order valence-electron chi connectivity index (χ0n) is 13.4. The molecule has 1 rings (SSSR count). The summed E-state index contributed by atoms with van der Waals surface area (Å²) in [5.41, 5.74) is -0.489. The van der Waals surface area contributed by atoms with Gasteiger partial charge in [0.15, 0.2) is 0 Å². The minimum atomic E-state index is -0.489. The van der Waals surface area contributed by atoms with Gasteiger partial charge in [-0.05, 0) is 39.8 Å². The zero-order chi connectivity index (χ0) is 16.8. The first-order valence-corrected chi connectivity index (χ1v) is 7.88. The number of nitrogens with one attached hydrogen (secondary N) is 1. The van der Waals surface area contributed by atoms with E-state index in [2.05, 4.69) is 5.32 Å². The molecule has 0 saturated carbocycles. The van der Waals surface area contributed by atoms with Gasteiger partial charge in [-0.2, -0.15) is 0 Å². The normalized spacial score (nSPS) is 11.3. The number of amides is 1. The van der Waals surface area contributed by atoms with E-state index in [1.807, 2.05) is 20.8 Å². The van der Waals surface area contributed by atoms with Crippen LogP contribution in [-0.4, -0.2) is 41.7 Å². The van der Waals surface area contributed by atoms with Gasteiger partial charge in [0.25, 0.3) is 0 Å². The highest BCUT2D eigenvalue weighted by Gasteiger charge is 2.19. The van der Waals surface area contributed by atoms with Crippen molar-refractivity contribution in [3.8, 4) is 0 Å². The first-order valence-electron chi connectivity index (χ1n) is 7.07. The Morgan fingerprint density at radius 1 is 1.45 bits per heavy atom. The van der Waals surface area contributed by atoms with Crippen molar-refractivity contribution in [2.75, 3.05) is 20.1 Å². The molecule has 0 fully saturated rings. The van der Waals surface area contributed by atoms with Crippen LogP contribution in [0.5, 0.6) is 0 Å². The minimum absolute atomic E-state index is 0.154. The summed E-state index contributed by atoms with van der Waals surface area (Å²) in [5, 5.41) is 13.9. The van der Waals surface area contributed by atoms with Crippen LogP contribution in [-0.2, 0) is 11.3 Å². The molecule has 1 amide bonds. The summed E-state index contributed by atoms with van der Waals surface area (Å²) < 4.78 is 5.26. The van der Waals surface area contributed by atoms with E-state index in [0.717, 1.165) is 17.8 Å². The minimum Gasteiger partial charge on any atom is -0.444 e. The number of thiophene rings is 1. The molecule has 1 aromatic rings. The van der Waals surface area contributed by atoms with E-state index in [1.165, 1.54) is 17.4 Å². The molecule has 0 aromatic carbocycles. The smallest absolute Gasteiger partial charge is 0.410 e. The second kappa shape index (κ2) is 8.09. The second-order valence-electron chi connectivity index (χ2n) is 5.93. The van der Waals surface area contributed by atoms with Crippen LogP contribution < -0.4 is 5.32 Å². The third-order valence-corrected chi connectivity index (χ3v) is 3.72. The Morgan fingerprint density at radius 2 is 2.14 bits per heavy atom. The number of ether oxygens (including phenoxy) is 1. The van der Waals surface area contributed by atoms with Crippen LogP contribution in [0.4, 0.5) is 9.80 Å². The van der Waals surface area contributed by atoms with E-state index in [4.69, 9.17) is 4.74 Å². The fraction of sp³-hybridized carbons (Fsp3) is 0.643. The average Bonchev–Trinajstić information content (AvgIpc) is 2.85. The van der Waals surface area contributed by atoms with E-state index in [1.54, 1.807) is 18.0 Å². The zero-order valence-corrected chi connectivity index (χ0v) is 14.2. The van der Waals surface area contributed by atoms with Crippen molar-refractivity contribution in [3.63, 3.8) is 0 Å². The molecular formula is C14H23N3O4S. The Bertz CT molecular complexity index is 510. The Kier molecular flexibility index (Phi) is 6.76. The standard InChI is InChI=1S/C14H23N3O4S/c1-14(2,3)21-13(18)16(4)9-5-8-15-10-11-6-7-12(22-11)17(19)20/h6-7,15H,5,8-10H2,1-4H3. The molecule has 0 aliphatic rings. The van der Waals surface area contributed by atoms with Crippen LogP contribution in [0.1, 0.15) is 32.1 Å². The first-order chi connectivity index (χ1) is 10.2. The molecule has 0 saturated heterocycles. The third-order valence-electron chi connectivity index (χ3n) is 2.68. The lowest BCUT2D eigenvalue weighted by Crippen LogP contribution is -2.35. The van der Waals surface area contributed by atoms with Gasteiger partial charge in [-0.3, -0.25) is 10.1 Å². The summed E-state index contributed by atoms with van der Waals surface area (Å²) in [6.07, 6.45) is 0.449. The van der Waals surface area contributed by atoms with Gasteiger partial charge in [0.1, 0.15) is 5.60 Å². The fourth-order valence-electron chi connectivity index (χ4n) is 1.64. The molecule has 0 aliphatic heterocycles. The molecule has 0 spiro atoms. The van der Waals surface area contributed by atoms with Gasteiger partial charge >= 0.3 is 11.1 Å². The van der Waals surface area contributed by atoms with Crippen molar-refractivity contribution in [2.24, 2.45) is 0 Å². The highest BCUT2D eigenvalue weighted by Crippen LogP contribution is 2.23. The Balaban J connectivity index is 2.19. The lowest BCUT2D eigenvalue weighted by molar-refractivity contribution is -0.380. The molecule has 124 valence electrons. The maximum atomic E-state index is 11.7. The van der Waals surface area contributed by atoms with Crippen molar-refractivity contribution < 1.29 is 14.5 Å². The van der Waals surface area contributed by atoms with Gasteiger partial charge in [-0.15, -0.1) is 0 Å². The molecule has 1 aromatic heterocycles. The van der Waals surface area contributed by atoms with Crippen molar-refractivity contribution in [3.05, 3.63) is 27.1 Å². The van der Waals surface area contributed by atoms with Crippen molar-refractivity contribution >= 4 is 22.4 Å². The summed E-state index contributed by atoms with van der Waals surface area (Å²) in [6.45, 7) is 7.40. The van der Waals surface area contributed by atoms with Gasteiger partial charge in [0, 0.05) is 31.1 Å². The molecule has 8 heteroatoms. The highest BCUT2D eigenvalue weighted by atomic mass is 32.1. The molecular weight excluding hydrogens is 306 g/mol. The van der Waals surface area contributed by atoms with Crippen LogP contribution in [0.25, 0.3) is 0 Å². The van der Waals surface area contributed by atoms with Crippen LogP contribution >= 0.6 is 11.3 Å². The maximum Gasteiger partial charge on any atom is 0.410 e. The molecule has 7 nitrogen and oxygen atoms in total. The number of nitrogens with zero attached hydrogens (tertiary/aromatic N) is 2. The summed E-state index contributed by atoms with van der Waals surface area (Å²) in [4.78, 5) is 24.4. The molecule has 0 atom stereocenters. The van der Waals surface area contributed by atoms with Crippen molar-refractivity contribution in [1.29, 1.82) is 0 Å². The van der Waals surface area contributed by atoms with E-state index in [-0.39, 0.29) is 16.0 Å². The SMILES string of the molecule is CN(CCCNCc1ccc([N+](=O)[O-])s1)C(=O)OC(C)(C)C. The third kappa shape index (κ3) is 6.86. The molecule has 0 aliphatic carbocycles. The molecule has 1 heterocycles. The lowest BCUT2D eigenvalue weighted by Gasteiger charge is -2.24. The lowest BCUT2D eigenvalue weighted by atomic mass is 10.2. The summed E-state index contributed by atoms with van der Waals surface area (Å²) in [7, 11) is 1.71. The average molecular weight is 329 g/mol. The maximum absolute atomic E-state index is 11.7. The number of hydrogen-bond acceptors (Lipinski definition) is 6. The Hall–Kier alpha value is -1.67. The predicted octanol–water partition coefficient (Wildman–Crippen LogP) is 3.00. The number of carbonyl (C=O) groups is 1. The van der Waals surface area contributed by atoms with Crippen LogP contribution in [0.15, 0.2) is 12.1 Å². The Labute approximate surface area is 134 Å². The quantitative estimate of drug-likeness (QED) is 0.472. The van der Waals surface area contributed by atoms with Crippen molar-refractivity contribution in [2.45, 2.75) is 39.3 Å². The Morgan fingerprint density at radius 3 is 2.68 bits per heavy atom. The molecule has 0 bridgehead atoms.